The Kier molecular flexibility index (Phi) is 4.68. The molecule has 0 unspecified atom stereocenters. The second kappa shape index (κ2) is 6.66. The summed E-state index contributed by atoms with van der Waals surface area (Å²) in [5.74, 6) is -0.595. The number of rotatable bonds is 4. The van der Waals surface area contributed by atoms with Crippen molar-refractivity contribution in [1.29, 1.82) is 0 Å². The second-order valence-electron chi connectivity index (χ2n) is 6.02. The maximum Gasteiger partial charge on any atom is 0.238 e. The zero-order chi connectivity index (χ0) is 19.1. The van der Waals surface area contributed by atoms with Crippen molar-refractivity contribution in [1.82, 2.24) is 4.57 Å². The number of sulfonamides is 1. The third kappa shape index (κ3) is 3.15. The van der Waals surface area contributed by atoms with E-state index >= 15 is 0 Å². The number of benzene rings is 2. The Labute approximate surface area is 150 Å². The molecule has 0 aliphatic carbocycles. The lowest BCUT2D eigenvalue weighted by molar-refractivity contribution is 0.598. The number of aromatic nitrogens is 1. The molecule has 3 aromatic rings. The maximum absolute atomic E-state index is 14.7. The number of nitrogens with zero attached hydrogens (tertiary/aromatic N) is 1. The Hall–Kier alpha value is -2.51. The molecule has 136 valence electrons. The number of fused-ring (bicyclic) bond motifs is 1. The van der Waals surface area contributed by atoms with E-state index in [4.69, 9.17) is 5.14 Å². The summed E-state index contributed by atoms with van der Waals surface area (Å²) in [4.78, 5) is 12.3. The van der Waals surface area contributed by atoms with Gasteiger partial charge >= 0.3 is 0 Å². The first-order valence-electron chi connectivity index (χ1n) is 8.25. The number of pyridine rings is 1. The molecule has 7 heteroatoms. The highest BCUT2D eigenvalue weighted by Gasteiger charge is 2.14. The summed E-state index contributed by atoms with van der Waals surface area (Å²) in [6.45, 7) is 4.49. The molecule has 0 saturated heterocycles. The highest BCUT2D eigenvalue weighted by molar-refractivity contribution is 7.89. The summed E-state index contributed by atoms with van der Waals surface area (Å²) in [6, 6.07) is 10.4. The third-order valence-corrected chi connectivity index (χ3v) is 5.37. The molecule has 26 heavy (non-hydrogen) atoms. The van der Waals surface area contributed by atoms with Gasteiger partial charge in [-0.25, -0.2) is 17.9 Å². The van der Waals surface area contributed by atoms with Gasteiger partial charge in [-0.3, -0.25) is 4.79 Å². The molecule has 0 amide bonds. The van der Waals surface area contributed by atoms with Gasteiger partial charge < -0.3 is 4.57 Å². The fourth-order valence-corrected chi connectivity index (χ4v) is 3.69. The van der Waals surface area contributed by atoms with Gasteiger partial charge in [-0.15, -0.1) is 0 Å². The van der Waals surface area contributed by atoms with Crippen LogP contribution in [-0.4, -0.2) is 13.0 Å². The van der Waals surface area contributed by atoms with E-state index in [-0.39, 0.29) is 15.7 Å². The lowest BCUT2D eigenvalue weighted by Crippen LogP contribution is -2.14. The molecule has 1 aromatic heterocycles. The van der Waals surface area contributed by atoms with E-state index < -0.39 is 15.8 Å². The smallest absolute Gasteiger partial charge is 0.238 e. The zero-order valence-corrected chi connectivity index (χ0v) is 15.3. The predicted molar refractivity (Wildman–Crippen MR) is 100 cm³/mol. The summed E-state index contributed by atoms with van der Waals surface area (Å²) in [5.41, 5.74) is 2.23. The molecule has 0 fully saturated rings. The number of primary sulfonamides is 1. The van der Waals surface area contributed by atoms with E-state index in [2.05, 4.69) is 0 Å². The van der Waals surface area contributed by atoms with E-state index in [1.165, 1.54) is 24.3 Å². The minimum absolute atomic E-state index is 0.0127. The van der Waals surface area contributed by atoms with Crippen LogP contribution < -0.4 is 10.6 Å². The van der Waals surface area contributed by atoms with Gasteiger partial charge in [0.25, 0.3) is 0 Å². The van der Waals surface area contributed by atoms with E-state index in [9.17, 15) is 17.6 Å². The topological polar surface area (TPSA) is 82.2 Å². The summed E-state index contributed by atoms with van der Waals surface area (Å²) >= 11 is 0. The third-order valence-electron chi connectivity index (χ3n) is 4.45. The fourth-order valence-electron chi connectivity index (χ4n) is 3.18. The molecular weight excluding hydrogens is 355 g/mol. The number of aryl methyl sites for hydroxylation is 2. The first-order valence-corrected chi connectivity index (χ1v) is 9.80. The van der Waals surface area contributed by atoms with Gasteiger partial charge in [-0.1, -0.05) is 19.1 Å². The predicted octanol–water partition coefficient (Wildman–Crippen LogP) is 3.04. The molecule has 2 N–H and O–H groups in total. The SMILES string of the molecule is CCc1cc(=O)c2c(F)cc(-c3ccc(S(N)(=O)=O)cc3)cc2n1CC. The monoisotopic (exact) mass is 374 g/mol. The standard InChI is InChI=1S/C19H19FN2O3S/c1-3-14-11-18(23)19-16(20)9-13(10-17(19)22(14)4-2)12-5-7-15(8-6-12)26(21,24)25/h5-11H,3-4H2,1-2H3,(H2,21,24,25). The second-order valence-corrected chi connectivity index (χ2v) is 7.58. The molecule has 0 aliphatic heterocycles. The lowest BCUT2D eigenvalue weighted by atomic mass is 10.0. The molecule has 0 saturated carbocycles. The van der Waals surface area contributed by atoms with Gasteiger partial charge in [-0.05, 0) is 48.7 Å². The average Bonchev–Trinajstić information content (AvgIpc) is 2.60. The molecule has 5 nitrogen and oxygen atoms in total. The number of nitrogens with two attached hydrogens (primary N) is 1. The first-order chi connectivity index (χ1) is 12.3. The molecule has 0 bridgehead atoms. The van der Waals surface area contributed by atoms with Crippen molar-refractivity contribution in [2.45, 2.75) is 31.7 Å². The Morgan fingerprint density at radius 3 is 2.23 bits per heavy atom. The van der Waals surface area contributed by atoms with Gasteiger partial charge in [0.15, 0.2) is 5.43 Å². The Bertz CT molecular complexity index is 1150. The van der Waals surface area contributed by atoms with Crippen LogP contribution in [0.2, 0.25) is 0 Å². The molecule has 0 aliphatic rings. The molecule has 1 heterocycles. The molecule has 0 atom stereocenters. The average molecular weight is 374 g/mol. The van der Waals surface area contributed by atoms with Crippen LogP contribution in [0.15, 0.2) is 52.2 Å². The van der Waals surface area contributed by atoms with Crippen molar-refractivity contribution >= 4 is 20.9 Å². The molecule has 2 aromatic carbocycles. The quantitative estimate of drug-likeness (QED) is 0.762. The molecule has 0 spiro atoms. The fraction of sp³-hybridized carbons (Fsp3) is 0.211. The summed E-state index contributed by atoms with van der Waals surface area (Å²) in [6.07, 6.45) is 0.661. The highest BCUT2D eigenvalue weighted by atomic mass is 32.2. The van der Waals surface area contributed by atoms with Crippen LogP contribution >= 0.6 is 0 Å². The minimum atomic E-state index is -3.79. The van der Waals surface area contributed by atoms with E-state index in [1.807, 2.05) is 18.4 Å². The zero-order valence-electron chi connectivity index (χ0n) is 14.5. The van der Waals surface area contributed by atoms with Gasteiger partial charge in [0.05, 0.1) is 15.8 Å². The van der Waals surface area contributed by atoms with Crippen LogP contribution in [-0.2, 0) is 23.0 Å². The van der Waals surface area contributed by atoms with E-state index in [0.717, 1.165) is 5.69 Å². The Morgan fingerprint density at radius 1 is 1.04 bits per heavy atom. The van der Waals surface area contributed by atoms with Crippen molar-refractivity contribution in [3.63, 3.8) is 0 Å². The first kappa shape index (κ1) is 18.3. The summed E-state index contributed by atoms with van der Waals surface area (Å²) in [7, 11) is -3.79. The van der Waals surface area contributed by atoms with Crippen molar-refractivity contribution < 1.29 is 12.8 Å². The summed E-state index contributed by atoms with van der Waals surface area (Å²) in [5, 5.41) is 5.17. The largest absolute Gasteiger partial charge is 0.345 e. The van der Waals surface area contributed by atoms with E-state index in [1.54, 1.807) is 18.2 Å². The lowest BCUT2D eigenvalue weighted by Gasteiger charge is -2.16. The van der Waals surface area contributed by atoms with Gasteiger partial charge in [0.2, 0.25) is 10.0 Å². The molecule has 0 radical (unpaired) electrons. The van der Waals surface area contributed by atoms with Crippen molar-refractivity contribution in [3.8, 4) is 11.1 Å². The number of hydrogen-bond donors (Lipinski definition) is 1. The van der Waals surface area contributed by atoms with Crippen LogP contribution in [0.25, 0.3) is 22.0 Å². The van der Waals surface area contributed by atoms with Crippen LogP contribution in [0.3, 0.4) is 0 Å². The van der Waals surface area contributed by atoms with Gasteiger partial charge in [0.1, 0.15) is 5.82 Å². The number of halogens is 1. The van der Waals surface area contributed by atoms with Crippen molar-refractivity contribution in [2.24, 2.45) is 5.14 Å². The maximum atomic E-state index is 14.7. The van der Waals surface area contributed by atoms with Crippen LogP contribution in [0.5, 0.6) is 0 Å². The number of hydrogen-bond acceptors (Lipinski definition) is 3. The Balaban J connectivity index is 2.27. The molecular formula is C19H19FN2O3S. The van der Waals surface area contributed by atoms with Crippen LogP contribution in [0.4, 0.5) is 4.39 Å². The van der Waals surface area contributed by atoms with Gasteiger partial charge in [-0.2, -0.15) is 0 Å². The summed E-state index contributed by atoms with van der Waals surface area (Å²) < 4.78 is 39.4. The van der Waals surface area contributed by atoms with Crippen LogP contribution in [0.1, 0.15) is 19.5 Å². The normalized spacial score (nSPS) is 11.8. The van der Waals surface area contributed by atoms with Crippen molar-refractivity contribution in [3.05, 3.63) is 64.2 Å². The molecule has 3 rings (SSSR count). The van der Waals surface area contributed by atoms with Crippen molar-refractivity contribution in [2.75, 3.05) is 0 Å². The van der Waals surface area contributed by atoms with Crippen LogP contribution in [0, 0.1) is 5.82 Å². The Morgan fingerprint density at radius 2 is 1.69 bits per heavy atom. The minimum Gasteiger partial charge on any atom is -0.345 e. The highest BCUT2D eigenvalue weighted by Crippen LogP contribution is 2.27. The van der Waals surface area contributed by atoms with Gasteiger partial charge in [0, 0.05) is 18.3 Å². The van der Waals surface area contributed by atoms with E-state index in [0.29, 0.717) is 29.6 Å².